The van der Waals surface area contributed by atoms with Gasteiger partial charge >= 0.3 is 0 Å². The molecule has 0 aliphatic carbocycles. The van der Waals surface area contributed by atoms with Crippen molar-refractivity contribution in [2.24, 2.45) is 0 Å². The van der Waals surface area contributed by atoms with Crippen molar-refractivity contribution in [3.63, 3.8) is 0 Å². The van der Waals surface area contributed by atoms with Gasteiger partial charge in [0.25, 0.3) is 5.91 Å². The molecule has 0 aliphatic rings. The van der Waals surface area contributed by atoms with Crippen molar-refractivity contribution in [3.8, 4) is 23.1 Å². The highest BCUT2D eigenvalue weighted by molar-refractivity contribution is 7.13. The zero-order valence-electron chi connectivity index (χ0n) is 13.7. The van der Waals surface area contributed by atoms with E-state index >= 15 is 0 Å². The molecular weight excluding hydrogens is 350 g/mol. The summed E-state index contributed by atoms with van der Waals surface area (Å²) in [6.07, 6.45) is 6.82. The van der Waals surface area contributed by atoms with Crippen molar-refractivity contribution >= 4 is 28.8 Å². The molecule has 2 N–H and O–H groups in total. The van der Waals surface area contributed by atoms with E-state index in [0.29, 0.717) is 27.7 Å². The van der Waals surface area contributed by atoms with Gasteiger partial charge in [-0.1, -0.05) is 18.1 Å². The van der Waals surface area contributed by atoms with Gasteiger partial charge in [0.2, 0.25) is 5.91 Å². The van der Waals surface area contributed by atoms with Crippen molar-refractivity contribution < 1.29 is 14.0 Å². The van der Waals surface area contributed by atoms with Crippen LogP contribution >= 0.6 is 11.3 Å². The van der Waals surface area contributed by atoms with Crippen LogP contribution in [0.15, 0.2) is 52.5 Å². The first kappa shape index (κ1) is 17.5. The lowest BCUT2D eigenvalue weighted by atomic mass is 10.1. The number of terminal acetylenes is 1. The molecule has 0 radical (unpaired) electrons. The highest BCUT2D eigenvalue weighted by atomic mass is 32.1. The van der Waals surface area contributed by atoms with Crippen LogP contribution in [0.25, 0.3) is 10.8 Å². The van der Waals surface area contributed by atoms with Crippen LogP contribution in [0.1, 0.15) is 16.1 Å². The molecule has 1 aromatic carbocycles. The molecule has 0 aliphatic heterocycles. The molecule has 0 saturated carbocycles. The minimum atomic E-state index is -0.340. The molecule has 3 rings (SSSR count). The molecule has 7 heteroatoms. The number of nitrogens with zero attached hydrogens (tertiary/aromatic N) is 1. The lowest BCUT2D eigenvalue weighted by molar-refractivity contribution is -0.115. The summed E-state index contributed by atoms with van der Waals surface area (Å²) in [6.45, 7) is 0.121. The summed E-state index contributed by atoms with van der Waals surface area (Å²) in [5, 5.41) is 7.86. The van der Waals surface area contributed by atoms with Crippen LogP contribution < -0.4 is 10.6 Å². The Morgan fingerprint density at radius 3 is 2.85 bits per heavy atom. The number of benzene rings is 1. The first-order valence-corrected chi connectivity index (χ1v) is 8.64. The van der Waals surface area contributed by atoms with Crippen molar-refractivity contribution in [2.45, 2.75) is 6.42 Å². The number of nitrogens with one attached hydrogen (secondary N) is 2. The van der Waals surface area contributed by atoms with Gasteiger partial charge in [-0.2, -0.15) is 0 Å². The summed E-state index contributed by atoms with van der Waals surface area (Å²) >= 11 is 1.40. The fourth-order valence-electron chi connectivity index (χ4n) is 2.28. The second-order valence-corrected chi connectivity index (χ2v) is 6.14. The average molecular weight is 365 g/mol. The summed E-state index contributed by atoms with van der Waals surface area (Å²) in [5.74, 6) is 2.40. The zero-order valence-corrected chi connectivity index (χ0v) is 14.5. The van der Waals surface area contributed by atoms with Gasteiger partial charge in [0.15, 0.2) is 10.8 Å². The van der Waals surface area contributed by atoms with E-state index in [0.717, 1.165) is 0 Å². The van der Waals surface area contributed by atoms with Gasteiger partial charge in [-0.15, -0.1) is 17.8 Å². The first-order chi connectivity index (χ1) is 12.7. The summed E-state index contributed by atoms with van der Waals surface area (Å²) in [6, 6.07) is 10.3. The molecule has 0 fully saturated rings. The van der Waals surface area contributed by atoms with Crippen LogP contribution in [0.3, 0.4) is 0 Å². The zero-order chi connectivity index (χ0) is 18.4. The Hall–Kier alpha value is -3.37. The number of para-hydroxylation sites is 1. The SMILES string of the molecule is C#CCNC(=O)c1ccccc1NC(=O)Cc1csc(-c2ccco2)n1. The number of anilines is 1. The lowest BCUT2D eigenvalue weighted by Crippen LogP contribution is -2.25. The van der Waals surface area contributed by atoms with Gasteiger partial charge in [0.05, 0.1) is 36.2 Å². The predicted molar refractivity (Wildman–Crippen MR) is 99.8 cm³/mol. The Labute approximate surface area is 154 Å². The fraction of sp³-hybridized carbons (Fsp3) is 0.105. The van der Waals surface area contributed by atoms with Gasteiger partial charge < -0.3 is 15.1 Å². The summed E-state index contributed by atoms with van der Waals surface area (Å²) in [4.78, 5) is 28.8. The second kappa shape index (κ2) is 8.14. The molecular formula is C19H15N3O3S. The van der Waals surface area contributed by atoms with Crippen molar-refractivity contribution in [2.75, 3.05) is 11.9 Å². The number of furan rings is 1. The summed E-state index contributed by atoms with van der Waals surface area (Å²) < 4.78 is 5.30. The maximum atomic E-state index is 12.3. The number of amides is 2. The predicted octanol–water partition coefficient (Wildman–Crippen LogP) is 2.95. The second-order valence-electron chi connectivity index (χ2n) is 5.28. The van der Waals surface area contributed by atoms with E-state index in [4.69, 9.17) is 10.8 Å². The maximum absolute atomic E-state index is 12.3. The van der Waals surface area contributed by atoms with Gasteiger partial charge in [-0.25, -0.2) is 4.98 Å². The third-order valence-corrected chi connectivity index (χ3v) is 4.33. The molecule has 0 spiro atoms. The highest BCUT2D eigenvalue weighted by Gasteiger charge is 2.14. The van der Waals surface area contributed by atoms with Gasteiger partial charge in [-0.3, -0.25) is 9.59 Å². The molecule has 6 nitrogen and oxygen atoms in total. The highest BCUT2D eigenvalue weighted by Crippen LogP contribution is 2.24. The van der Waals surface area contributed by atoms with E-state index in [9.17, 15) is 9.59 Å². The molecule has 130 valence electrons. The molecule has 2 amide bonds. The molecule has 2 aromatic heterocycles. The van der Waals surface area contributed by atoms with Crippen LogP contribution in [0.5, 0.6) is 0 Å². The number of carbonyl (C=O) groups excluding carboxylic acids is 2. The van der Waals surface area contributed by atoms with Crippen molar-refractivity contribution in [3.05, 3.63) is 59.3 Å². The quantitative estimate of drug-likeness (QED) is 0.658. The Balaban J connectivity index is 1.67. The molecule has 0 atom stereocenters. The number of rotatable bonds is 6. The molecule has 26 heavy (non-hydrogen) atoms. The molecule has 2 heterocycles. The number of thiazole rings is 1. The maximum Gasteiger partial charge on any atom is 0.254 e. The number of hydrogen-bond donors (Lipinski definition) is 2. The minimum Gasteiger partial charge on any atom is -0.462 e. The van der Waals surface area contributed by atoms with Crippen LogP contribution in [0, 0.1) is 12.3 Å². The largest absolute Gasteiger partial charge is 0.462 e. The van der Waals surface area contributed by atoms with Crippen molar-refractivity contribution in [1.29, 1.82) is 0 Å². The monoisotopic (exact) mass is 365 g/mol. The number of aromatic nitrogens is 1. The van der Waals surface area contributed by atoms with Gasteiger partial charge in [-0.05, 0) is 24.3 Å². The average Bonchev–Trinajstić information content (AvgIpc) is 3.31. The number of hydrogen-bond acceptors (Lipinski definition) is 5. The molecule has 3 aromatic rings. The van der Waals surface area contributed by atoms with E-state index in [-0.39, 0.29) is 24.8 Å². The van der Waals surface area contributed by atoms with E-state index in [2.05, 4.69) is 21.5 Å². The topological polar surface area (TPSA) is 84.2 Å². The smallest absolute Gasteiger partial charge is 0.254 e. The van der Waals surface area contributed by atoms with Gasteiger partial charge in [0, 0.05) is 5.38 Å². The Kier molecular flexibility index (Phi) is 5.46. The fourth-order valence-corrected chi connectivity index (χ4v) is 3.06. The van der Waals surface area contributed by atoms with E-state index in [1.807, 2.05) is 11.4 Å². The third-order valence-electron chi connectivity index (χ3n) is 3.42. The third kappa shape index (κ3) is 4.18. The number of carbonyl (C=O) groups is 2. The Morgan fingerprint density at radius 2 is 2.08 bits per heavy atom. The van der Waals surface area contributed by atoms with Crippen LogP contribution in [-0.2, 0) is 11.2 Å². The molecule has 0 saturated heterocycles. The van der Waals surface area contributed by atoms with E-state index in [1.54, 1.807) is 36.6 Å². The normalized spacial score (nSPS) is 10.1. The van der Waals surface area contributed by atoms with E-state index < -0.39 is 0 Å². The van der Waals surface area contributed by atoms with E-state index in [1.165, 1.54) is 11.3 Å². The Morgan fingerprint density at radius 1 is 1.23 bits per heavy atom. The summed E-state index contributed by atoms with van der Waals surface area (Å²) in [7, 11) is 0. The van der Waals surface area contributed by atoms with Crippen molar-refractivity contribution in [1.82, 2.24) is 10.3 Å². The van der Waals surface area contributed by atoms with Crippen LogP contribution in [0.2, 0.25) is 0 Å². The lowest BCUT2D eigenvalue weighted by Gasteiger charge is -2.10. The van der Waals surface area contributed by atoms with Gasteiger partial charge in [0.1, 0.15) is 0 Å². The molecule has 0 unspecified atom stereocenters. The Bertz CT molecular complexity index is 955. The summed E-state index contributed by atoms with van der Waals surface area (Å²) in [5.41, 5.74) is 1.41. The minimum absolute atomic E-state index is 0.0948. The standard InChI is InChI=1S/C19H15N3O3S/c1-2-9-20-18(24)14-6-3-4-7-15(14)22-17(23)11-13-12-26-19(21-13)16-8-5-10-25-16/h1,3-8,10,12H,9,11H2,(H,20,24)(H,22,23). The van der Waals surface area contributed by atoms with Crippen LogP contribution in [-0.4, -0.2) is 23.3 Å². The molecule has 0 bridgehead atoms. The first-order valence-electron chi connectivity index (χ1n) is 7.76. The van der Waals surface area contributed by atoms with Crippen LogP contribution in [0.4, 0.5) is 5.69 Å².